The molecule has 0 aromatic heterocycles. The van der Waals surface area contributed by atoms with E-state index in [-0.39, 0.29) is 0 Å². The molecule has 0 radical (unpaired) electrons. The molecule has 0 spiro atoms. The number of hydrogen-bond donors (Lipinski definition) is 0. The van der Waals surface area contributed by atoms with Crippen LogP contribution in [0.25, 0.3) is 0 Å². The molecule has 3 nitrogen and oxygen atoms in total. The van der Waals surface area contributed by atoms with Gasteiger partial charge in [-0.3, -0.25) is 9.00 Å². The Morgan fingerprint density at radius 2 is 1.94 bits per heavy atom. The van der Waals surface area contributed by atoms with Crippen LogP contribution in [0.15, 0.2) is 29.2 Å². The van der Waals surface area contributed by atoms with Gasteiger partial charge < -0.3 is 4.74 Å². The molecule has 0 heterocycles. The van der Waals surface area contributed by atoms with Crippen LogP contribution >= 0.6 is 0 Å². The molecule has 0 N–H and O–H groups in total. The molecule has 0 aliphatic heterocycles. The van der Waals surface area contributed by atoms with Crippen molar-refractivity contribution in [2.24, 2.45) is 0 Å². The van der Waals surface area contributed by atoms with Crippen LogP contribution in [0.5, 0.6) is 0 Å². The fourth-order valence-corrected chi connectivity index (χ4v) is 2.56. The fraction of sp³-hybridized carbons (Fsp3) is 0.500. The lowest BCUT2D eigenvalue weighted by molar-refractivity contribution is -0.153. The second-order valence-corrected chi connectivity index (χ2v) is 7.06. The average Bonchev–Trinajstić information content (AvgIpc) is 2.24. The maximum Gasteiger partial charge on any atom is 0.322 e. The third-order valence-corrected chi connectivity index (χ3v) is 3.83. The molecule has 0 aliphatic carbocycles. The van der Waals surface area contributed by atoms with Gasteiger partial charge in [-0.2, -0.15) is 0 Å². The maximum atomic E-state index is 12.2. The lowest BCUT2D eigenvalue weighted by Crippen LogP contribution is -2.32. The van der Waals surface area contributed by atoms with Crippen molar-refractivity contribution in [1.82, 2.24) is 0 Å². The lowest BCUT2D eigenvalue weighted by atomic mass is 10.2. The fourth-order valence-electron chi connectivity index (χ4n) is 1.42. The third kappa shape index (κ3) is 4.26. The number of aryl methyl sites for hydroxylation is 1. The number of benzene rings is 1. The number of ether oxygens (including phenoxy) is 1. The van der Waals surface area contributed by atoms with Gasteiger partial charge in [-0.1, -0.05) is 12.1 Å². The standard InChI is InChI=1S/C14H20O3S/c1-10-7-6-8-12(9-10)18(16)11(2)13(15)17-14(3,4)5/h6-9,11H,1-5H3. The van der Waals surface area contributed by atoms with Gasteiger partial charge in [0.2, 0.25) is 0 Å². The minimum atomic E-state index is -1.38. The smallest absolute Gasteiger partial charge is 0.322 e. The van der Waals surface area contributed by atoms with Crippen LogP contribution in [-0.4, -0.2) is 21.0 Å². The summed E-state index contributed by atoms with van der Waals surface area (Å²) in [6.07, 6.45) is 0. The summed E-state index contributed by atoms with van der Waals surface area (Å²) in [6.45, 7) is 8.96. The predicted octanol–water partition coefficient (Wildman–Crippen LogP) is 2.83. The van der Waals surface area contributed by atoms with Gasteiger partial charge >= 0.3 is 5.97 Å². The predicted molar refractivity (Wildman–Crippen MR) is 72.9 cm³/mol. The Hall–Kier alpha value is -1.16. The summed E-state index contributed by atoms with van der Waals surface area (Å²) >= 11 is 0. The molecule has 0 aliphatic rings. The zero-order valence-electron chi connectivity index (χ0n) is 11.5. The number of rotatable bonds is 3. The molecule has 0 bridgehead atoms. The molecule has 1 aromatic carbocycles. The second-order valence-electron chi connectivity index (χ2n) is 5.29. The first kappa shape index (κ1) is 14.9. The normalized spacial score (nSPS) is 14.9. The monoisotopic (exact) mass is 268 g/mol. The first-order chi connectivity index (χ1) is 8.20. The summed E-state index contributed by atoms with van der Waals surface area (Å²) in [5.41, 5.74) is 0.472. The molecular weight excluding hydrogens is 248 g/mol. The van der Waals surface area contributed by atoms with Crippen LogP contribution in [0.2, 0.25) is 0 Å². The lowest BCUT2D eigenvalue weighted by Gasteiger charge is -2.22. The Balaban J connectivity index is 2.81. The van der Waals surface area contributed by atoms with Gasteiger partial charge in [-0.05, 0) is 52.3 Å². The van der Waals surface area contributed by atoms with Gasteiger partial charge in [-0.25, -0.2) is 0 Å². The highest BCUT2D eigenvalue weighted by atomic mass is 32.2. The topological polar surface area (TPSA) is 43.4 Å². The Morgan fingerprint density at radius 3 is 2.44 bits per heavy atom. The Morgan fingerprint density at radius 1 is 1.33 bits per heavy atom. The Bertz CT molecular complexity index is 460. The summed E-state index contributed by atoms with van der Waals surface area (Å²) in [7, 11) is -1.38. The summed E-state index contributed by atoms with van der Waals surface area (Å²) in [5.74, 6) is -0.428. The Kier molecular flexibility index (Phi) is 4.68. The largest absolute Gasteiger partial charge is 0.459 e. The minimum absolute atomic E-state index is 0.428. The SMILES string of the molecule is Cc1cccc(S(=O)C(C)C(=O)OC(C)(C)C)c1. The van der Waals surface area contributed by atoms with Crippen molar-refractivity contribution in [1.29, 1.82) is 0 Å². The van der Waals surface area contributed by atoms with Gasteiger partial charge in [0.25, 0.3) is 0 Å². The minimum Gasteiger partial charge on any atom is -0.459 e. The van der Waals surface area contributed by atoms with E-state index in [1.807, 2.05) is 25.1 Å². The zero-order chi connectivity index (χ0) is 13.9. The first-order valence-electron chi connectivity index (χ1n) is 5.91. The van der Waals surface area contributed by atoms with Gasteiger partial charge in [0.1, 0.15) is 10.9 Å². The van der Waals surface area contributed by atoms with Crippen LogP contribution in [0.3, 0.4) is 0 Å². The Labute approximate surface area is 111 Å². The molecule has 4 heteroatoms. The summed E-state index contributed by atoms with van der Waals surface area (Å²) < 4.78 is 17.5. The van der Waals surface area contributed by atoms with Crippen molar-refractivity contribution >= 4 is 16.8 Å². The number of carbonyl (C=O) groups is 1. The van der Waals surface area contributed by atoms with E-state index in [1.54, 1.807) is 33.8 Å². The first-order valence-corrected chi connectivity index (χ1v) is 7.12. The molecule has 100 valence electrons. The van der Waals surface area contributed by atoms with Crippen LogP contribution in [-0.2, 0) is 20.3 Å². The van der Waals surface area contributed by atoms with Gasteiger partial charge in [0.05, 0.1) is 10.8 Å². The molecule has 0 saturated heterocycles. The van der Waals surface area contributed by atoms with Crippen molar-refractivity contribution < 1.29 is 13.7 Å². The quantitative estimate of drug-likeness (QED) is 0.792. The third-order valence-electron chi connectivity index (χ3n) is 2.28. The molecule has 18 heavy (non-hydrogen) atoms. The van der Waals surface area contributed by atoms with Crippen LogP contribution < -0.4 is 0 Å². The van der Waals surface area contributed by atoms with Crippen molar-refractivity contribution in [2.45, 2.75) is 50.4 Å². The van der Waals surface area contributed by atoms with Crippen molar-refractivity contribution in [3.05, 3.63) is 29.8 Å². The van der Waals surface area contributed by atoms with Crippen molar-refractivity contribution in [3.8, 4) is 0 Å². The zero-order valence-corrected chi connectivity index (χ0v) is 12.3. The van der Waals surface area contributed by atoms with E-state index in [0.29, 0.717) is 4.90 Å². The van der Waals surface area contributed by atoms with E-state index < -0.39 is 27.6 Å². The van der Waals surface area contributed by atoms with Crippen LogP contribution in [0.1, 0.15) is 33.3 Å². The van der Waals surface area contributed by atoms with Gasteiger partial charge in [-0.15, -0.1) is 0 Å². The molecule has 0 amide bonds. The summed E-state index contributed by atoms with van der Waals surface area (Å²) in [4.78, 5) is 12.5. The average molecular weight is 268 g/mol. The highest BCUT2D eigenvalue weighted by molar-refractivity contribution is 7.86. The molecule has 2 unspecified atom stereocenters. The van der Waals surface area contributed by atoms with Crippen molar-refractivity contribution in [3.63, 3.8) is 0 Å². The maximum absolute atomic E-state index is 12.2. The molecular formula is C14H20O3S. The number of carbonyl (C=O) groups excluding carboxylic acids is 1. The van der Waals surface area contributed by atoms with E-state index >= 15 is 0 Å². The second kappa shape index (κ2) is 5.65. The van der Waals surface area contributed by atoms with Crippen molar-refractivity contribution in [2.75, 3.05) is 0 Å². The molecule has 2 atom stereocenters. The number of esters is 1. The van der Waals surface area contributed by atoms with E-state index in [9.17, 15) is 9.00 Å². The molecule has 1 rings (SSSR count). The van der Waals surface area contributed by atoms with Crippen LogP contribution in [0.4, 0.5) is 0 Å². The number of hydrogen-bond acceptors (Lipinski definition) is 3. The van der Waals surface area contributed by atoms with E-state index in [4.69, 9.17) is 4.74 Å². The highest BCUT2D eigenvalue weighted by Gasteiger charge is 2.26. The molecule has 0 saturated carbocycles. The molecule has 0 fully saturated rings. The van der Waals surface area contributed by atoms with Gasteiger partial charge in [0.15, 0.2) is 0 Å². The summed E-state index contributed by atoms with van der Waals surface area (Å²) in [6, 6.07) is 7.37. The highest BCUT2D eigenvalue weighted by Crippen LogP contribution is 2.16. The van der Waals surface area contributed by atoms with E-state index in [0.717, 1.165) is 5.56 Å². The summed E-state index contributed by atoms with van der Waals surface area (Å²) in [5, 5.41) is -0.661. The van der Waals surface area contributed by atoms with Crippen LogP contribution in [0, 0.1) is 6.92 Å². The van der Waals surface area contributed by atoms with Gasteiger partial charge in [0, 0.05) is 4.90 Å². The van der Waals surface area contributed by atoms with E-state index in [1.165, 1.54) is 0 Å². The molecule has 1 aromatic rings. The van der Waals surface area contributed by atoms with E-state index in [2.05, 4.69) is 0 Å².